The quantitative estimate of drug-likeness (QED) is 0.756. The normalized spacial score (nSPS) is 15.9. The second-order valence-corrected chi connectivity index (χ2v) is 7.22. The van der Waals surface area contributed by atoms with Crippen LogP contribution in [0.1, 0.15) is 50.3 Å². The fourth-order valence-electron chi connectivity index (χ4n) is 4.01. The first-order valence-corrected chi connectivity index (χ1v) is 9.55. The van der Waals surface area contributed by atoms with Crippen LogP contribution in [0.3, 0.4) is 0 Å². The van der Waals surface area contributed by atoms with Crippen molar-refractivity contribution in [2.75, 3.05) is 0 Å². The molecule has 1 unspecified atom stereocenters. The van der Waals surface area contributed by atoms with Gasteiger partial charge in [0.2, 0.25) is 5.91 Å². The third-order valence-corrected chi connectivity index (χ3v) is 5.39. The van der Waals surface area contributed by atoms with Gasteiger partial charge in [-0.05, 0) is 37.5 Å². The molecule has 2 aromatic heterocycles. The molecular weight excluding hydrogens is 340 g/mol. The number of carbonyl (C=O) groups excluding carboxylic acids is 1. The molecule has 1 N–H and O–H groups in total. The van der Waals surface area contributed by atoms with E-state index in [0.29, 0.717) is 5.65 Å². The van der Waals surface area contributed by atoms with E-state index in [1.807, 2.05) is 49.4 Å². The van der Waals surface area contributed by atoms with Crippen LogP contribution in [0.15, 0.2) is 53.5 Å². The van der Waals surface area contributed by atoms with Gasteiger partial charge in [-0.1, -0.05) is 43.2 Å². The second kappa shape index (κ2) is 7.39. The highest BCUT2D eigenvalue weighted by Crippen LogP contribution is 2.30. The highest BCUT2D eigenvalue weighted by Gasteiger charge is 2.25. The summed E-state index contributed by atoms with van der Waals surface area (Å²) in [4.78, 5) is 30.1. The summed E-state index contributed by atoms with van der Waals surface area (Å²) in [6, 6.07) is 13.5. The zero-order chi connectivity index (χ0) is 18.8. The highest BCUT2D eigenvalue weighted by atomic mass is 16.2. The van der Waals surface area contributed by atoms with Gasteiger partial charge in [0, 0.05) is 12.2 Å². The van der Waals surface area contributed by atoms with Gasteiger partial charge in [-0.15, -0.1) is 0 Å². The number of fused-ring (bicyclic) bond motifs is 1. The minimum atomic E-state index is -0.178. The zero-order valence-corrected chi connectivity index (χ0v) is 15.5. The van der Waals surface area contributed by atoms with Gasteiger partial charge >= 0.3 is 5.69 Å². The molecule has 6 heteroatoms. The monoisotopic (exact) mass is 364 g/mol. The summed E-state index contributed by atoms with van der Waals surface area (Å²) in [6.45, 7) is 1.94. The third kappa shape index (κ3) is 3.39. The van der Waals surface area contributed by atoms with Gasteiger partial charge in [0.05, 0.1) is 11.6 Å². The lowest BCUT2D eigenvalue weighted by Gasteiger charge is -2.14. The molecule has 6 nitrogen and oxygen atoms in total. The van der Waals surface area contributed by atoms with E-state index in [0.717, 1.165) is 36.8 Å². The van der Waals surface area contributed by atoms with Gasteiger partial charge in [0.1, 0.15) is 6.54 Å². The van der Waals surface area contributed by atoms with Gasteiger partial charge in [-0.2, -0.15) is 0 Å². The van der Waals surface area contributed by atoms with Crippen molar-refractivity contribution in [3.63, 3.8) is 0 Å². The molecule has 27 heavy (non-hydrogen) atoms. The Morgan fingerprint density at radius 3 is 2.67 bits per heavy atom. The van der Waals surface area contributed by atoms with Crippen molar-refractivity contribution in [1.82, 2.24) is 19.4 Å². The average molecular weight is 364 g/mol. The Kier molecular flexibility index (Phi) is 4.79. The number of hydrogen-bond acceptors (Lipinski definition) is 3. The van der Waals surface area contributed by atoms with E-state index in [1.165, 1.54) is 0 Å². The first-order chi connectivity index (χ1) is 13.1. The number of rotatable bonds is 5. The van der Waals surface area contributed by atoms with Crippen LogP contribution in [-0.4, -0.2) is 20.0 Å². The largest absolute Gasteiger partial charge is 0.348 e. The minimum Gasteiger partial charge on any atom is -0.348 e. The van der Waals surface area contributed by atoms with Gasteiger partial charge in [0.15, 0.2) is 5.65 Å². The topological polar surface area (TPSA) is 68.9 Å². The Labute approximate surface area is 157 Å². The van der Waals surface area contributed by atoms with Gasteiger partial charge in [-0.3, -0.25) is 13.9 Å². The maximum atomic E-state index is 13.1. The van der Waals surface area contributed by atoms with Crippen molar-refractivity contribution < 1.29 is 4.79 Å². The molecule has 2 heterocycles. The molecule has 140 valence electrons. The number of pyridine rings is 1. The summed E-state index contributed by atoms with van der Waals surface area (Å²) < 4.78 is 3.34. The van der Waals surface area contributed by atoms with Crippen LogP contribution in [0, 0.1) is 0 Å². The fraction of sp³-hybridized carbons (Fsp3) is 0.381. The van der Waals surface area contributed by atoms with Crippen LogP contribution >= 0.6 is 0 Å². The van der Waals surface area contributed by atoms with E-state index in [-0.39, 0.29) is 30.2 Å². The lowest BCUT2D eigenvalue weighted by molar-refractivity contribution is -0.122. The van der Waals surface area contributed by atoms with E-state index in [9.17, 15) is 9.59 Å². The summed E-state index contributed by atoms with van der Waals surface area (Å²) >= 11 is 0. The number of aromatic nitrogens is 3. The van der Waals surface area contributed by atoms with Gasteiger partial charge in [0.25, 0.3) is 0 Å². The molecule has 1 saturated carbocycles. The molecule has 0 aliphatic heterocycles. The molecule has 4 rings (SSSR count). The van der Waals surface area contributed by atoms with Crippen LogP contribution in [0.25, 0.3) is 11.2 Å². The molecule has 0 bridgehead atoms. The predicted octanol–water partition coefficient (Wildman–Crippen LogP) is 3.19. The number of imidazole rings is 1. The Hall–Kier alpha value is -2.89. The molecule has 1 aromatic carbocycles. The smallest absolute Gasteiger partial charge is 0.331 e. The van der Waals surface area contributed by atoms with E-state index < -0.39 is 0 Å². The summed E-state index contributed by atoms with van der Waals surface area (Å²) in [5.74, 6) is -0.178. The van der Waals surface area contributed by atoms with E-state index in [2.05, 4.69) is 10.3 Å². The molecule has 1 aliphatic rings. The van der Waals surface area contributed by atoms with Gasteiger partial charge in [-0.25, -0.2) is 9.78 Å². The van der Waals surface area contributed by atoms with Crippen molar-refractivity contribution >= 4 is 17.1 Å². The van der Waals surface area contributed by atoms with Crippen molar-refractivity contribution in [1.29, 1.82) is 0 Å². The van der Waals surface area contributed by atoms with Crippen LogP contribution in [0.2, 0.25) is 0 Å². The van der Waals surface area contributed by atoms with Crippen LogP contribution in [0.5, 0.6) is 0 Å². The van der Waals surface area contributed by atoms with Crippen LogP contribution in [0.4, 0.5) is 0 Å². The Bertz CT molecular complexity index is 1000. The maximum absolute atomic E-state index is 13.1. The van der Waals surface area contributed by atoms with Crippen LogP contribution < -0.4 is 11.0 Å². The molecular formula is C21H24N4O2. The SMILES string of the molecule is CC(NC(=O)Cn1c(=O)n(C2CCCC2)c2ncccc21)c1ccccc1. The molecule has 1 amide bonds. The standard InChI is InChI=1S/C21H24N4O2/c1-15(16-8-3-2-4-9-16)23-19(26)14-24-18-12-7-13-22-20(18)25(21(24)27)17-10-5-6-11-17/h2-4,7-9,12-13,15,17H,5-6,10-11,14H2,1H3,(H,23,26). The van der Waals surface area contributed by atoms with E-state index in [4.69, 9.17) is 0 Å². The number of carbonyl (C=O) groups is 1. The molecule has 1 atom stereocenters. The molecule has 1 fully saturated rings. The number of benzene rings is 1. The minimum absolute atomic E-state index is 0.00206. The molecule has 1 aliphatic carbocycles. The zero-order valence-electron chi connectivity index (χ0n) is 15.5. The summed E-state index contributed by atoms with van der Waals surface area (Å²) in [6.07, 6.45) is 5.95. The first-order valence-electron chi connectivity index (χ1n) is 9.55. The summed E-state index contributed by atoms with van der Waals surface area (Å²) in [7, 11) is 0. The summed E-state index contributed by atoms with van der Waals surface area (Å²) in [5.41, 5.74) is 2.29. The fourth-order valence-corrected chi connectivity index (χ4v) is 4.01. The van der Waals surface area contributed by atoms with E-state index in [1.54, 1.807) is 15.3 Å². The molecule has 0 radical (unpaired) electrons. The first kappa shape index (κ1) is 17.5. The van der Waals surface area contributed by atoms with Crippen molar-refractivity contribution in [3.8, 4) is 0 Å². The number of amides is 1. The molecule has 0 saturated heterocycles. The number of hydrogen-bond donors (Lipinski definition) is 1. The molecule has 3 aromatic rings. The Morgan fingerprint density at radius 1 is 1.19 bits per heavy atom. The Morgan fingerprint density at radius 2 is 1.93 bits per heavy atom. The predicted molar refractivity (Wildman–Crippen MR) is 104 cm³/mol. The summed E-state index contributed by atoms with van der Waals surface area (Å²) in [5, 5.41) is 2.99. The van der Waals surface area contributed by atoms with E-state index >= 15 is 0 Å². The lowest BCUT2D eigenvalue weighted by atomic mass is 10.1. The average Bonchev–Trinajstić information content (AvgIpc) is 3.29. The van der Waals surface area contributed by atoms with Crippen molar-refractivity contribution in [3.05, 3.63) is 64.7 Å². The van der Waals surface area contributed by atoms with Crippen molar-refractivity contribution in [2.45, 2.75) is 51.2 Å². The lowest BCUT2D eigenvalue weighted by Crippen LogP contribution is -2.35. The van der Waals surface area contributed by atoms with Crippen LogP contribution in [-0.2, 0) is 11.3 Å². The second-order valence-electron chi connectivity index (χ2n) is 7.22. The molecule has 0 spiro atoms. The number of nitrogens with zero attached hydrogens (tertiary/aromatic N) is 3. The third-order valence-electron chi connectivity index (χ3n) is 5.39. The van der Waals surface area contributed by atoms with Gasteiger partial charge < -0.3 is 5.32 Å². The maximum Gasteiger partial charge on any atom is 0.331 e. The van der Waals surface area contributed by atoms with Crippen molar-refractivity contribution in [2.24, 2.45) is 0 Å². The number of nitrogens with one attached hydrogen (secondary N) is 1. The highest BCUT2D eigenvalue weighted by molar-refractivity contribution is 5.79. The Balaban J connectivity index is 1.61.